The van der Waals surface area contributed by atoms with Crippen LogP contribution in [0.1, 0.15) is 143 Å². The molecule has 4 aromatic rings. The summed E-state index contributed by atoms with van der Waals surface area (Å²) in [5, 5.41) is 2.72. The average Bonchev–Trinajstić information content (AvgIpc) is 3.49. The SMILES string of the molecule is CCCCCCCCC1(CCCCCCCC)c2cc(-c3ccc(B4OC(C)(C)C(C)(C)O4)cn3)ccc2-c2c1ccc1ccccc21. The van der Waals surface area contributed by atoms with E-state index in [1.807, 2.05) is 6.20 Å². The third-order valence-corrected chi connectivity index (χ3v) is 11.8. The number of aromatic nitrogens is 1. The van der Waals surface area contributed by atoms with Gasteiger partial charge >= 0.3 is 7.12 Å². The molecule has 1 aliphatic carbocycles. The lowest BCUT2D eigenvalue weighted by molar-refractivity contribution is 0.00578. The zero-order chi connectivity index (χ0) is 33.8. The third kappa shape index (κ3) is 6.90. The summed E-state index contributed by atoms with van der Waals surface area (Å²) in [6.45, 7) is 13.0. The van der Waals surface area contributed by atoms with Crippen LogP contribution in [0.5, 0.6) is 0 Å². The molecule has 0 bridgehead atoms. The van der Waals surface area contributed by atoms with Gasteiger partial charge in [0.15, 0.2) is 0 Å². The average molecular weight is 644 g/mol. The van der Waals surface area contributed by atoms with E-state index in [0.717, 1.165) is 11.2 Å². The van der Waals surface area contributed by atoms with Gasteiger partial charge in [-0.05, 0) is 85.7 Å². The highest BCUT2D eigenvalue weighted by molar-refractivity contribution is 6.62. The molecular weight excluding hydrogens is 585 g/mol. The van der Waals surface area contributed by atoms with Gasteiger partial charge in [-0.15, -0.1) is 0 Å². The topological polar surface area (TPSA) is 31.4 Å². The summed E-state index contributed by atoms with van der Waals surface area (Å²) in [5.74, 6) is 0. The molecule has 48 heavy (non-hydrogen) atoms. The normalized spacial score (nSPS) is 17.2. The van der Waals surface area contributed by atoms with Crippen LogP contribution in [0.4, 0.5) is 0 Å². The first-order valence-corrected chi connectivity index (χ1v) is 19.2. The lowest BCUT2D eigenvalue weighted by atomic mass is 9.70. The van der Waals surface area contributed by atoms with Gasteiger partial charge < -0.3 is 9.31 Å². The van der Waals surface area contributed by atoms with E-state index in [4.69, 9.17) is 14.3 Å². The Bertz CT molecular complexity index is 1640. The first-order chi connectivity index (χ1) is 23.2. The monoisotopic (exact) mass is 643 g/mol. The van der Waals surface area contributed by atoms with Crippen molar-refractivity contribution in [2.24, 2.45) is 0 Å². The molecule has 1 fully saturated rings. The van der Waals surface area contributed by atoms with E-state index in [1.165, 1.54) is 123 Å². The molecule has 1 saturated heterocycles. The smallest absolute Gasteiger partial charge is 0.399 e. The lowest BCUT2D eigenvalue weighted by Gasteiger charge is -2.33. The third-order valence-electron chi connectivity index (χ3n) is 11.8. The number of fused-ring (bicyclic) bond motifs is 5. The van der Waals surface area contributed by atoms with Crippen molar-refractivity contribution in [2.75, 3.05) is 0 Å². The van der Waals surface area contributed by atoms with Gasteiger partial charge in [0, 0.05) is 22.6 Å². The van der Waals surface area contributed by atoms with Crippen molar-refractivity contribution >= 4 is 23.4 Å². The fraction of sp³-hybridized carbons (Fsp3) is 0.523. The van der Waals surface area contributed by atoms with Crippen LogP contribution in [-0.4, -0.2) is 23.3 Å². The Kier molecular flexibility index (Phi) is 10.8. The van der Waals surface area contributed by atoms with Gasteiger partial charge in [-0.3, -0.25) is 4.98 Å². The molecule has 0 N–H and O–H groups in total. The summed E-state index contributed by atoms with van der Waals surface area (Å²) in [4.78, 5) is 5.01. The molecule has 0 amide bonds. The van der Waals surface area contributed by atoms with Crippen molar-refractivity contribution < 1.29 is 9.31 Å². The van der Waals surface area contributed by atoms with Gasteiger partial charge in [-0.2, -0.15) is 0 Å². The maximum atomic E-state index is 6.33. The first kappa shape index (κ1) is 34.9. The molecule has 6 rings (SSSR count). The molecule has 0 atom stereocenters. The molecular formula is C44H58BNO2. The molecule has 1 aromatic heterocycles. The molecule has 254 valence electrons. The Labute approximate surface area is 291 Å². The van der Waals surface area contributed by atoms with Gasteiger partial charge in [0.1, 0.15) is 0 Å². The van der Waals surface area contributed by atoms with Gasteiger partial charge in [0.05, 0.1) is 16.9 Å². The summed E-state index contributed by atoms with van der Waals surface area (Å²) in [6.07, 6.45) is 20.3. The van der Waals surface area contributed by atoms with Crippen LogP contribution < -0.4 is 5.46 Å². The Balaban J connectivity index is 1.37. The predicted molar refractivity (Wildman–Crippen MR) is 205 cm³/mol. The van der Waals surface area contributed by atoms with Gasteiger partial charge in [0.2, 0.25) is 0 Å². The Hall–Kier alpha value is -2.95. The van der Waals surface area contributed by atoms with Gasteiger partial charge in [-0.25, -0.2) is 0 Å². The number of unbranched alkanes of at least 4 members (excludes halogenated alkanes) is 10. The van der Waals surface area contributed by atoms with Crippen molar-refractivity contribution in [2.45, 2.75) is 148 Å². The van der Waals surface area contributed by atoms with E-state index in [9.17, 15) is 0 Å². The molecule has 0 saturated carbocycles. The van der Waals surface area contributed by atoms with Crippen molar-refractivity contribution in [3.05, 3.63) is 84.1 Å². The van der Waals surface area contributed by atoms with E-state index in [1.54, 1.807) is 5.56 Å². The summed E-state index contributed by atoms with van der Waals surface area (Å²) in [7, 11) is -0.401. The van der Waals surface area contributed by atoms with Gasteiger partial charge in [0.25, 0.3) is 0 Å². The number of hydrogen-bond donors (Lipinski definition) is 0. The molecule has 0 spiro atoms. The Morgan fingerprint density at radius 1 is 0.625 bits per heavy atom. The second-order valence-electron chi connectivity index (χ2n) is 15.7. The second-order valence-corrected chi connectivity index (χ2v) is 15.7. The first-order valence-electron chi connectivity index (χ1n) is 19.2. The number of nitrogens with zero attached hydrogens (tertiary/aromatic N) is 1. The van der Waals surface area contributed by atoms with Crippen molar-refractivity contribution in [3.8, 4) is 22.4 Å². The molecule has 3 nitrogen and oxygen atoms in total. The molecule has 4 heteroatoms. The van der Waals surface area contributed by atoms with Crippen LogP contribution in [0, 0.1) is 0 Å². The number of benzene rings is 3. The highest BCUT2D eigenvalue weighted by atomic mass is 16.7. The standard InChI is InChI=1S/C44H58BNO2/c1-7-9-11-13-15-19-29-44(30-20-16-14-12-10-8-2)38-27-24-33-21-17-18-22-36(33)41(38)37-26-23-34(31-39(37)44)40-28-25-35(32-46-40)45-47-42(3,4)43(5,6)48-45/h17-18,21-28,31-32H,7-16,19-20,29-30H2,1-6H3. The lowest BCUT2D eigenvalue weighted by Crippen LogP contribution is -2.41. The number of rotatable bonds is 16. The minimum atomic E-state index is -0.401. The summed E-state index contributed by atoms with van der Waals surface area (Å²) in [5.41, 5.74) is 8.43. The highest BCUT2D eigenvalue weighted by Crippen LogP contribution is 2.56. The maximum absolute atomic E-state index is 6.33. The summed E-state index contributed by atoms with van der Waals surface area (Å²) >= 11 is 0. The van der Waals surface area contributed by atoms with Crippen LogP contribution in [0.3, 0.4) is 0 Å². The number of pyridine rings is 1. The van der Waals surface area contributed by atoms with E-state index in [0.29, 0.717) is 0 Å². The Morgan fingerprint density at radius 2 is 1.25 bits per heavy atom. The highest BCUT2D eigenvalue weighted by Gasteiger charge is 2.52. The fourth-order valence-corrected chi connectivity index (χ4v) is 8.20. The largest absolute Gasteiger partial charge is 0.496 e. The minimum absolute atomic E-state index is 0.0306. The molecule has 0 radical (unpaired) electrons. The fourth-order valence-electron chi connectivity index (χ4n) is 8.20. The van der Waals surface area contributed by atoms with E-state index in [-0.39, 0.29) is 16.6 Å². The zero-order valence-electron chi connectivity index (χ0n) is 30.7. The molecule has 2 heterocycles. The zero-order valence-corrected chi connectivity index (χ0v) is 30.7. The molecule has 2 aliphatic rings. The minimum Gasteiger partial charge on any atom is -0.399 e. The van der Waals surface area contributed by atoms with Gasteiger partial charge in [-0.1, -0.05) is 145 Å². The molecule has 1 aliphatic heterocycles. The second kappa shape index (κ2) is 14.9. The van der Waals surface area contributed by atoms with E-state index < -0.39 is 7.12 Å². The molecule has 3 aromatic carbocycles. The Morgan fingerprint density at radius 3 is 1.88 bits per heavy atom. The maximum Gasteiger partial charge on any atom is 0.496 e. The van der Waals surface area contributed by atoms with Crippen LogP contribution in [0.15, 0.2) is 72.9 Å². The van der Waals surface area contributed by atoms with E-state index in [2.05, 4.69) is 108 Å². The van der Waals surface area contributed by atoms with Crippen molar-refractivity contribution in [3.63, 3.8) is 0 Å². The number of hydrogen-bond acceptors (Lipinski definition) is 3. The van der Waals surface area contributed by atoms with Crippen LogP contribution >= 0.6 is 0 Å². The predicted octanol–water partition coefficient (Wildman–Crippen LogP) is 12.0. The summed E-state index contributed by atoms with van der Waals surface area (Å²) < 4.78 is 12.7. The van der Waals surface area contributed by atoms with Crippen LogP contribution in [0.2, 0.25) is 0 Å². The quantitative estimate of drug-likeness (QED) is 0.0899. The van der Waals surface area contributed by atoms with E-state index >= 15 is 0 Å². The molecule has 0 unspecified atom stereocenters. The van der Waals surface area contributed by atoms with Crippen LogP contribution in [0.25, 0.3) is 33.2 Å². The summed E-state index contributed by atoms with van der Waals surface area (Å²) in [6, 6.07) is 25.4. The van der Waals surface area contributed by atoms with Crippen LogP contribution in [-0.2, 0) is 14.7 Å². The van der Waals surface area contributed by atoms with Crippen molar-refractivity contribution in [1.82, 2.24) is 4.98 Å². The van der Waals surface area contributed by atoms with Crippen molar-refractivity contribution in [1.29, 1.82) is 0 Å².